The van der Waals surface area contributed by atoms with Gasteiger partial charge in [-0.05, 0) is 31.5 Å². The molecule has 0 bridgehead atoms. The number of aryl methyl sites for hydroxylation is 1. The third-order valence-electron chi connectivity index (χ3n) is 3.57. The lowest BCUT2D eigenvalue weighted by atomic mass is 10.1. The lowest BCUT2D eigenvalue weighted by Crippen LogP contribution is -2.37. The predicted octanol–water partition coefficient (Wildman–Crippen LogP) is 2.41. The zero-order chi connectivity index (χ0) is 16.1. The van der Waals surface area contributed by atoms with Crippen molar-refractivity contribution in [3.8, 4) is 5.75 Å². The largest absolute Gasteiger partial charge is 0.497 e. The lowest BCUT2D eigenvalue weighted by molar-refractivity contribution is -0.132. The Hall–Kier alpha value is -2.30. The summed E-state index contributed by atoms with van der Waals surface area (Å²) in [6, 6.07) is 7.76. The second kappa shape index (κ2) is 7.11. The van der Waals surface area contributed by atoms with Gasteiger partial charge in [-0.15, -0.1) is 0 Å². The highest BCUT2D eigenvalue weighted by Crippen LogP contribution is 2.14. The maximum absolute atomic E-state index is 12.6. The topological polar surface area (TPSA) is 47.4 Å². The number of amides is 1. The molecule has 5 nitrogen and oxygen atoms in total. The van der Waals surface area contributed by atoms with Gasteiger partial charge in [-0.3, -0.25) is 9.48 Å². The normalized spacial score (nSPS) is 10.8. The number of hydrogen-bond acceptors (Lipinski definition) is 3. The average molecular weight is 301 g/mol. The van der Waals surface area contributed by atoms with Crippen molar-refractivity contribution in [2.45, 2.75) is 32.9 Å². The van der Waals surface area contributed by atoms with E-state index in [9.17, 15) is 4.79 Å². The van der Waals surface area contributed by atoms with E-state index in [-0.39, 0.29) is 11.9 Å². The highest BCUT2D eigenvalue weighted by Gasteiger charge is 2.18. The SMILES string of the molecule is COc1ccc(CC(=O)N(Cc2cnn(C)c2)C(C)C)cc1. The number of rotatable bonds is 6. The fourth-order valence-electron chi connectivity index (χ4n) is 2.33. The molecule has 0 saturated carbocycles. The molecule has 118 valence electrons. The van der Waals surface area contributed by atoms with Crippen LogP contribution in [0.4, 0.5) is 0 Å². The third-order valence-corrected chi connectivity index (χ3v) is 3.57. The number of carbonyl (C=O) groups excluding carboxylic acids is 1. The molecule has 0 fully saturated rings. The van der Waals surface area contributed by atoms with Crippen molar-refractivity contribution in [3.05, 3.63) is 47.8 Å². The van der Waals surface area contributed by atoms with E-state index in [4.69, 9.17) is 4.74 Å². The van der Waals surface area contributed by atoms with Crippen LogP contribution in [0.2, 0.25) is 0 Å². The molecule has 0 aliphatic rings. The first-order valence-electron chi connectivity index (χ1n) is 7.39. The van der Waals surface area contributed by atoms with Gasteiger partial charge in [0.2, 0.25) is 5.91 Å². The number of nitrogens with zero attached hydrogens (tertiary/aromatic N) is 3. The van der Waals surface area contributed by atoms with Gasteiger partial charge in [0.05, 0.1) is 19.7 Å². The van der Waals surface area contributed by atoms with Gasteiger partial charge in [-0.25, -0.2) is 0 Å². The van der Waals surface area contributed by atoms with Gasteiger partial charge < -0.3 is 9.64 Å². The molecule has 1 heterocycles. The van der Waals surface area contributed by atoms with E-state index < -0.39 is 0 Å². The fourth-order valence-corrected chi connectivity index (χ4v) is 2.33. The second-order valence-electron chi connectivity index (χ2n) is 5.66. The van der Waals surface area contributed by atoms with Crippen molar-refractivity contribution in [2.24, 2.45) is 7.05 Å². The molecule has 22 heavy (non-hydrogen) atoms. The second-order valence-corrected chi connectivity index (χ2v) is 5.66. The Balaban J connectivity index is 2.05. The molecule has 2 rings (SSSR count). The quantitative estimate of drug-likeness (QED) is 0.823. The van der Waals surface area contributed by atoms with E-state index in [1.165, 1.54) is 0 Å². The first-order chi connectivity index (χ1) is 10.5. The Morgan fingerprint density at radius 2 is 1.95 bits per heavy atom. The average Bonchev–Trinajstić information content (AvgIpc) is 2.90. The summed E-state index contributed by atoms with van der Waals surface area (Å²) in [5.74, 6) is 0.913. The summed E-state index contributed by atoms with van der Waals surface area (Å²) in [4.78, 5) is 14.5. The van der Waals surface area contributed by atoms with Gasteiger partial charge in [0.1, 0.15) is 5.75 Å². The number of ether oxygens (including phenoxy) is 1. The van der Waals surface area contributed by atoms with Crippen molar-refractivity contribution in [1.29, 1.82) is 0 Å². The number of benzene rings is 1. The van der Waals surface area contributed by atoms with Crippen LogP contribution in [0.25, 0.3) is 0 Å². The summed E-state index contributed by atoms with van der Waals surface area (Å²) in [7, 11) is 3.51. The maximum atomic E-state index is 12.6. The van der Waals surface area contributed by atoms with E-state index >= 15 is 0 Å². The van der Waals surface area contributed by atoms with Crippen LogP contribution in [-0.4, -0.2) is 33.7 Å². The Labute approximate surface area is 131 Å². The van der Waals surface area contributed by atoms with E-state index in [0.29, 0.717) is 13.0 Å². The molecule has 2 aromatic rings. The highest BCUT2D eigenvalue weighted by atomic mass is 16.5. The van der Waals surface area contributed by atoms with Gasteiger partial charge in [0.25, 0.3) is 0 Å². The number of carbonyl (C=O) groups is 1. The molecule has 0 radical (unpaired) electrons. The maximum Gasteiger partial charge on any atom is 0.227 e. The minimum absolute atomic E-state index is 0.115. The Kier molecular flexibility index (Phi) is 5.20. The molecule has 1 amide bonds. The summed E-state index contributed by atoms with van der Waals surface area (Å²) in [5.41, 5.74) is 2.03. The zero-order valence-electron chi connectivity index (χ0n) is 13.6. The number of methoxy groups -OCH3 is 1. The van der Waals surface area contributed by atoms with E-state index in [1.807, 2.05) is 56.3 Å². The molecule has 0 atom stereocenters. The van der Waals surface area contributed by atoms with Crippen molar-refractivity contribution in [3.63, 3.8) is 0 Å². The van der Waals surface area contributed by atoms with Gasteiger partial charge in [-0.2, -0.15) is 5.10 Å². The minimum atomic E-state index is 0.115. The molecule has 0 N–H and O–H groups in total. The van der Waals surface area contributed by atoms with Gasteiger partial charge >= 0.3 is 0 Å². The molecule has 1 aromatic heterocycles. The molecule has 0 saturated heterocycles. The molecule has 0 aliphatic heterocycles. The smallest absolute Gasteiger partial charge is 0.227 e. The lowest BCUT2D eigenvalue weighted by Gasteiger charge is -2.26. The minimum Gasteiger partial charge on any atom is -0.497 e. The molecule has 0 aliphatic carbocycles. The third kappa shape index (κ3) is 4.10. The fraction of sp³-hybridized carbons (Fsp3) is 0.412. The van der Waals surface area contributed by atoms with Crippen LogP contribution >= 0.6 is 0 Å². The summed E-state index contributed by atoms with van der Waals surface area (Å²) in [6.45, 7) is 4.64. The Bertz CT molecular complexity index is 617. The molecule has 5 heteroatoms. The van der Waals surface area contributed by atoms with E-state index in [1.54, 1.807) is 18.0 Å². The number of aromatic nitrogens is 2. The molecule has 0 spiro atoms. The Morgan fingerprint density at radius 3 is 2.45 bits per heavy atom. The predicted molar refractivity (Wildman–Crippen MR) is 85.6 cm³/mol. The van der Waals surface area contributed by atoms with E-state index in [2.05, 4.69) is 5.10 Å². The van der Waals surface area contributed by atoms with Crippen LogP contribution in [-0.2, 0) is 24.8 Å². The molecular formula is C17H23N3O2. The first kappa shape index (κ1) is 16.1. The Morgan fingerprint density at radius 1 is 1.27 bits per heavy atom. The van der Waals surface area contributed by atoms with Crippen molar-refractivity contribution >= 4 is 5.91 Å². The zero-order valence-corrected chi connectivity index (χ0v) is 13.6. The molecular weight excluding hydrogens is 278 g/mol. The highest BCUT2D eigenvalue weighted by molar-refractivity contribution is 5.79. The standard InChI is InChI=1S/C17H23N3O2/c1-13(2)20(12-15-10-18-19(3)11-15)17(21)9-14-5-7-16(22-4)8-6-14/h5-8,10-11,13H,9,12H2,1-4H3. The van der Waals surface area contributed by atoms with Gasteiger partial charge in [0.15, 0.2) is 0 Å². The van der Waals surface area contributed by atoms with Crippen LogP contribution in [0, 0.1) is 0 Å². The monoisotopic (exact) mass is 301 g/mol. The van der Waals surface area contributed by atoms with E-state index in [0.717, 1.165) is 16.9 Å². The summed E-state index contributed by atoms with van der Waals surface area (Å²) < 4.78 is 6.89. The van der Waals surface area contributed by atoms with Crippen LogP contribution in [0.1, 0.15) is 25.0 Å². The van der Waals surface area contributed by atoms with Gasteiger partial charge in [0, 0.05) is 31.4 Å². The first-order valence-corrected chi connectivity index (χ1v) is 7.39. The van der Waals surface area contributed by atoms with Crippen LogP contribution in [0.5, 0.6) is 5.75 Å². The van der Waals surface area contributed by atoms with Crippen molar-refractivity contribution in [1.82, 2.24) is 14.7 Å². The molecule has 0 unspecified atom stereocenters. The van der Waals surface area contributed by atoms with Crippen LogP contribution in [0.15, 0.2) is 36.7 Å². The van der Waals surface area contributed by atoms with Crippen molar-refractivity contribution < 1.29 is 9.53 Å². The summed E-state index contributed by atoms with van der Waals surface area (Å²) in [5, 5.41) is 4.16. The summed E-state index contributed by atoms with van der Waals surface area (Å²) in [6.07, 6.45) is 4.13. The number of hydrogen-bond donors (Lipinski definition) is 0. The van der Waals surface area contributed by atoms with Gasteiger partial charge in [-0.1, -0.05) is 12.1 Å². The summed E-state index contributed by atoms with van der Waals surface area (Å²) >= 11 is 0. The molecule has 1 aromatic carbocycles. The van der Waals surface area contributed by atoms with Crippen LogP contribution in [0.3, 0.4) is 0 Å². The van der Waals surface area contributed by atoms with Crippen LogP contribution < -0.4 is 4.74 Å². The van der Waals surface area contributed by atoms with Crippen molar-refractivity contribution in [2.75, 3.05) is 7.11 Å².